The minimum Gasteiger partial charge on any atom is -0.508 e. The van der Waals surface area contributed by atoms with Crippen molar-refractivity contribution in [2.75, 3.05) is 5.32 Å². The Bertz CT molecular complexity index is 975. The first-order chi connectivity index (χ1) is 13.1. The molecule has 1 atom stereocenters. The number of carbonyl (C=O) groups excluding carboxylic acids is 2. The molecule has 0 radical (unpaired) electrons. The number of carbonyl (C=O) groups is 2. The SMILES string of the molecule is NC(=O)CC(C(=O)Nc1cc([N+](=O)[O-])ccc1O)c1cc([N+](=O)[O-])ccc1O. The molecule has 0 saturated heterocycles. The van der Waals surface area contributed by atoms with Crippen LogP contribution in [-0.2, 0) is 9.59 Å². The molecule has 28 heavy (non-hydrogen) atoms. The van der Waals surface area contributed by atoms with Gasteiger partial charge >= 0.3 is 0 Å². The quantitative estimate of drug-likeness (QED) is 0.309. The Labute approximate surface area is 156 Å². The Kier molecular flexibility index (Phi) is 5.73. The molecule has 0 heterocycles. The number of phenols is 2. The summed E-state index contributed by atoms with van der Waals surface area (Å²) in [7, 11) is 0. The van der Waals surface area contributed by atoms with E-state index < -0.39 is 56.9 Å². The van der Waals surface area contributed by atoms with Crippen LogP contribution in [0.25, 0.3) is 0 Å². The first-order valence-corrected chi connectivity index (χ1v) is 7.64. The van der Waals surface area contributed by atoms with E-state index in [9.17, 15) is 40.0 Å². The molecule has 0 aliphatic rings. The number of hydrogen-bond donors (Lipinski definition) is 4. The average Bonchev–Trinajstić information content (AvgIpc) is 2.61. The number of amides is 2. The molecule has 12 heteroatoms. The number of nitro groups is 2. The number of anilines is 1. The lowest BCUT2D eigenvalue weighted by Gasteiger charge is -2.17. The van der Waals surface area contributed by atoms with Gasteiger partial charge in [-0.2, -0.15) is 0 Å². The number of nitrogens with zero attached hydrogens (tertiary/aromatic N) is 2. The molecular weight excluding hydrogens is 376 g/mol. The van der Waals surface area contributed by atoms with Crippen molar-refractivity contribution in [1.29, 1.82) is 0 Å². The predicted octanol–water partition coefficient (Wildman–Crippen LogP) is 1.51. The van der Waals surface area contributed by atoms with Crippen LogP contribution in [0.3, 0.4) is 0 Å². The highest BCUT2D eigenvalue weighted by Crippen LogP contribution is 2.34. The lowest BCUT2D eigenvalue weighted by Crippen LogP contribution is -2.26. The standard InChI is InChI=1S/C16H14N4O8/c17-15(23)7-11(10-5-8(19(25)26)1-3-13(10)21)16(24)18-12-6-9(20(27)28)2-4-14(12)22/h1-6,11,21-22H,7H2,(H2,17,23)(H,18,24). The first kappa shape index (κ1) is 20.1. The zero-order chi connectivity index (χ0) is 21.0. The van der Waals surface area contributed by atoms with Gasteiger partial charge in [0.15, 0.2) is 0 Å². The summed E-state index contributed by atoms with van der Waals surface area (Å²) in [6.07, 6.45) is -0.615. The third kappa shape index (κ3) is 4.49. The molecular formula is C16H14N4O8. The third-order valence-electron chi connectivity index (χ3n) is 3.77. The van der Waals surface area contributed by atoms with Crippen molar-refractivity contribution in [2.45, 2.75) is 12.3 Å². The third-order valence-corrected chi connectivity index (χ3v) is 3.77. The smallest absolute Gasteiger partial charge is 0.271 e. The fourth-order valence-electron chi connectivity index (χ4n) is 2.44. The van der Waals surface area contributed by atoms with Gasteiger partial charge in [0.2, 0.25) is 11.8 Å². The van der Waals surface area contributed by atoms with Gasteiger partial charge in [-0.05, 0) is 12.1 Å². The zero-order valence-electron chi connectivity index (χ0n) is 14.1. The molecule has 0 saturated carbocycles. The van der Waals surface area contributed by atoms with E-state index in [2.05, 4.69) is 5.32 Å². The number of hydrogen-bond acceptors (Lipinski definition) is 8. The molecule has 2 rings (SSSR count). The first-order valence-electron chi connectivity index (χ1n) is 7.64. The monoisotopic (exact) mass is 390 g/mol. The number of nitro benzene ring substituents is 2. The maximum atomic E-state index is 12.6. The highest BCUT2D eigenvalue weighted by molar-refractivity contribution is 6.00. The highest BCUT2D eigenvalue weighted by Gasteiger charge is 2.28. The Morgan fingerprint density at radius 3 is 2.07 bits per heavy atom. The van der Waals surface area contributed by atoms with Crippen molar-refractivity contribution < 1.29 is 29.6 Å². The fourth-order valence-corrected chi connectivity index (χ4v) is 2.44. The van der Waals surface area contributed by atoms with Crippen LogP contribution in [0, 0.1) is 20.2 Å². The van der Waals surface area contributed by atoms with Crippen LogP contribution >= 0.6 is 0 Å². The van der Waals surface area contributed by atoms with Crippen LogP contribution in [0.1, 0.15) is 17.9 Å². The number of non-ortho nitro benzene ring substituents is 2. The topological polar surface area (TPSA) is 199 Å². The minimum absolute atomic E-state index is 0.240. The number of nitrogens with one attached hydrogen (secondary N) is 1. The van der Waals surface area contributed by atoms with Gasteiger partial charge in [0, 0.05) is 36.2 Å². The molecule has 2 amide bonds. The Balaban J connectivity index is 2.44. The van der Waals surface area contributed by atoms with E-state index in [-0.39, 0.29) is 11.3 Å². The van der Waals surface area contributed by atoms with E-state index in [0.29, 0.717) is 0 Å². The van der Waals surface area contributed by atoms with Crippen LogP contribution < -0.4 is 11.1 Å². The molecule has 0 aliphatic heterocycles. The summed E-state index contributed by atoms with van der Waals surface area (Å²) in [6.45, 7) is 0. The van der Waals surface area contributed by atoms with Crippen molar-refractivity contribution in [3.8, 4) is 11.5 Å². The van der Waals surface area contributed by atoms with Crippen LogP contribution in [0.4, 0.5) is 17.1 Å². The summed E-state index contributed by atoms with van der Waals surface area (Å²) < 4.78 is 0. The van der Waals surface area contributed by atoms with Gasteiger partial charge in [0.25, 0.3) is 11.4 Å². The molecule has 0 bridgehead atoms. The Morgan fingerprint density at radius 2 is 1.54 bits per heavy atom. The van der Waals surface area contributed by atoms with Crippen LogP contribution in [0.15, 0.2) is 36.4 Å². The van der Waals surface area contributed by atoms with E-state index in [1.807, 2.05) is 0 Å². The van der Waals surface area contributed by atoms with E-state index in [1.165, 1.54) is 0 Å². The average molecular weight is 390 g/mol. The number of benzene rings is 2. The van der Waals surface area contributed by atoms with Gasteiger partial charge in [-0.3, -0.25) is 29.8 Å². The van der Waals surface area contributed by atoms with Crippen LogP contribution in [-0.4, -0.2) is 31.9 Å². The van der Waals surface area contributed by atoms with Crippen molar-refractivity contribution in [3.63, 3.8) is 0 Å². The summed E-state index contributed by atoms with van der Waals surface area (Å²) in [4.78, 5) is 44.3. The molecule has 0 spiro atoms. The summed E-state index contributed by atoms with van der Waals surface area (Å²) in [5.41, 5.74) is 3.71. The molecule has 0 aliphatic carbocycles. The molecule has 2 aromatic rings. The molecule has 0 fully saturated rings. The van der Waals surface area contributed by atoms with Crippen LogP contribution in [0.2, 0.25) is 0 Å². The van der Waals surface area contributed by atoms with Gasteiger partial charge in [-0.1, -0.05) is 0 Å². The summed E-state index contributed by atoms with van der Waals surface area (Å²) >= 11 is 0. The second-order valence-corrected chi connectivity index (χ2v) is 5.67. The van der Waals surface area contributed by atoms with Crippen molar-refractivity contribution >= 4 is 28.9 Å². The maximum absolute atomic E-state index is 12.6. The van der Waals surface area contributed by atoms with Crippen LogP contribution in [0.5, 0.6) is 11.5 Å². The number of primary amides is 1. The lowest BCUT2D eigenvalue weighted by molar-refractivity contribution is -0.385. The maximum Gasteiger partial charge on any atom is 0.271 e. The molecule has 146 valence electrons. The number of phenolic OH excluding ortho intramolecular Hbond substituents is 2. The van der Waals surface area contributed by atoms with Gasteiger partial charge in [0.1, 0.15) is 11.5 Å². The molecule has 1 unspecified atom stereocenters. The molecule has 12 nitrogen and oxygen atoms in total. The number of rotatable bonds is 7. The minimum atomic E-state index is -1.45. The van der Waals surface area contributed by atoms with Gasteiger partial charge < -0.3 is 21.3 Å². The van der Waals surface area contributed by atoms with Crippen molar-refractivity contribution in [2.24, 2.45) is 5.73 Å². The summed E-state index contributed by atoms with van der Waals surface area (Å²) in [6, 6.07) is 5.79. The van der Waals surface area contributed by atoms with E-state index >= 15 is 0 Å². The normalized spacial score (nSPS) is 11.4. The summed E-state index contributed by atoms with van der Waals surface area (Å²) in [5.74, 6) is -4.33. The van der Waals surface area contributed by atoms with E-state index in [1.54, 1.807) is 0 Å². The second kappa shape index (κ2) is 7.99. The number of nitrogens with two attached hydrogens (primary N) is 1. The van der Waals surface area contributed by atoms with E-state index in [0.717, 1.165) is 36.4 Å². The second-order valence-electron chi connectivity index (χ2n) is 5.67. The van der Waals surface area contributed by atoms with Gasteiger partial charge in [0.05, 0.1) is 21.5 Å². The summed E-state index contributed by atoms with van der Waals surface area (Å²) in [5, 5.41) is 43.8. The Hall–Kier alpha value is -4.22. The predicted molar refractivity (Wildman–Crippen MR) is 94.7 cm³/mol. The Morgan fingerprint density at radius 1 is 1.00 bits per heavy atom. The molecule has 5 N–H and O–H groups in total. The zero-order valence-corrected chi connectivity index (χ0v) is 14.1. The molecule has 2 aromatic carbocycles. The van der Waals surface area contributed by atoms with Crippen molar-refractivity contribution in [1.82, 2.24) is 0 Å². The van der Waals surface area contributed by atoms with Gasteiger partial charge in [-0.15, -0.1) is 0 Å². The largest absolute Gasteiger partial charge is 0.508 e. The highest BCUT2D eigenvalue weighted by atomic mass is 16.6. The van der Waals surface area contributed by atoms with Crippen molar-refractivity contribution in [3.05, 3.63) is 62.2 Å². The fraction of sp³-hybridized carbons (Fsp3) is 0.125. The lowest BCUT2D eigenvalue weighted by atomic mass is 9.93. The molecule has 0 aromatic heterocycles. The van der Waals surface area contributed by atoms with E-state index in [4.69, 9.17) is 5.73 Å². The van der Waals surface area contributed by atoms with Gasteiger partial charge in [-0.25, -0.2) is 0 Å². The number of aromatic hydroxyl groups is 2.